The summed E-state index contributed by atoms with van der Waals surface area (Å²) in [5.41, 5.74) is 5.20. The quantitative estimate of drug-likeness (QED) is 0.607. The van der Waals surface area contributed by atoms with Crippen molar-refractivity contribution in [3.63, 3.8) is 0 Å². The van der Waals surface area contributed by atoms with Crippen molar-refractivity contribution in [2.24, 2.45) is 5.73 Å². The van der Waals surface area contributed by atoms with Crippen molar-refractivity contribution >= 4 is 11.8 Å². The molecule has 0 aromatic heterocycles. The molecule has 0 aromatic rings. The Kier molecular flexibility index (Phi) is 4.19. The van der Waals surface area contributed by atoms with E-state index in [1.165, 1.54) is 0 Å². The van der Waals surface area contributed by atoms with Crippen LogP contribution in [0.2, 0.25) is 0 Å². The van der Waals surface area contributed by atoms with Gasteiger partial charge in [-0.15, -0.1) is 0 Å². The monoisotopic (exact) mass is 255 g/mol. The topological polar surface area (TPSA) is 93.5 Å². The smallest absolute Gasteiger partial charge is 0.242 e. The standard InChI is InChI=1S/C12H21N3O3/c13-12(4-7-18-8-5-12)11(17)15-9-3-1-2-6-14-10(9)16/h9H,1-8,13H2,(H,14,16)(H,15,17). The zero-order valence-electron chi connectivity index (χ0n) is 10.5. The molecule has 18 heavy (non-hydrogen) atoms. The Balaban J connectivity index is 1.94. The molecule has 4 N–H and O–H groups in total. The second kappa shape index (κ2) is 5.67. The summed E-state index contributed by atoms with van der Waals surface area (Å²) in [5.74, 6) is -0.329. The van der Waals surface area contributed by atoms with Crippen molar-refractivity contribution in [1.29, 1.82) is 0 Å². The summed E-state index contributed by atoms with van der Waals surface area (Å²) in [5, 5.41) is 5.58. The van der Waals surface area contributed by atoms with Gasteiger partial charge in [-0.05, 0) is 32.1 Å². The molecule has 6 nitrogen and oxygen atoms in total. The first-order valence-corrected chi connectivity index (χ1v) is 6.57. The van der Waals surface area contributed by atoms with Crippen LogP contribution < -0.4 is 16.4 Å². The Labute approximate surface area is 107 Å². The van der Waals surface area contributed by atoms with E-state index in [2.05, 4.69) is 10.6 Å². The fourth-order valence-corrected chi connectivity index (χ4v) is 2.34. The third-order valence-corrected chi connectivity index (χ3v) is 3.68. The second-order valence-corrected chi connectivity index (χ2v) is 5.08. The van der Waals surface area contributed by atoms with Crippen molar-refractivity contribution in [3.8, 4) is 0 Å². The molecule has 6 heteroatoms. The SMILES string of the molecule is NC1(C(=O)NC2CCCCNC2=O)CCOCC1. The van der Waals surface area contributed by atoms with Gasteiger partial charge in [0.1, 0.15) is 6.04 Å². The summed E-state index contributed by atoms with van der Waals surface area (Å²) in [6.45, 7) is 1.69. The van der Waals surface area contributed by atoms with Crippen molar-refractivity contribution in [1.82, 2.24) is 10.6 Å². The molecule has 2 fully saturated rings. The van der Waals surface area contributed by atoms with E-state index < -0.39 is 11.6 Å². The summed E-state index contributed by atoms with van der Waals surface area (Å²) in [7, 11) is 0. The second-order valence-electron chi connectivity index (χ2n) is 5.08. The summed E-state index contributed by atoms with van der Waals surface area (Å²) >= 11 is 0. The van der Waals surface area contributed by atoms with Gasteiger partial charge in [-0.2, -0.15) is 0 Å². The van der Waals surface area contributed by atoms with Gasteiger partial charge in [0.25, 0.3) is 0 Å². The molecule has 2 heterocycles. The molecular formula is C12H21N3O3. The Morgan fingerprint density at radius 1 is 1.39 bits per heavy atom. The summed E-state index contributed by atoms with van der Waals surface area (Å²) in [6, 6.07) is -0.441. The molecule has 1 atom stereocenters. The fraction of sp³-hybridized carbons (Fsp3) is 0.833. The van der Waals surface area contributed by atoms with E-state index in [1.807, 2.05) is 0 Å². The molecule has 1 unspecified atom stereocenters. The lowest BCUT2D eigenvalue weighted by Crippen LogP contribution is -2.60. The van der Waals surface area contributed by atoms with Crippen molar-refractivity contribution in [2.75, 3.05) is 19.8 Å². The molecule has 2 aliphatic heterocycles. The molecular weight excluding hydrogens is 234 g/mol. The van der Waals surface area contributed by atoms with Crippen LogP contribution in [0.1, 0.15) is 32.1 Å². The lowest BCUT2D eigenvalue weighted by atomic mass is 9.90. The van der Waals surface area contributed by atoms with Crippen LogP contribution in [0.5, 0.6) is 0 Å². The molecule has 0 aromatic carbocycles. The van der Waals surface area contributed by atoms with E-state index in [0.29, 0.717) is 39.0 Å². The van der Waals surface area contributed by atoms with E-state index in [-0.39, 0.29) is 11.8 Å². The summed E-state index contributed by atoms with van der Waals surface area (Å²) < 4.78 is 5.21. The van der Waals surface area contributed by atoms with Crippen LogP contribution in [0.4, 0.5) is 0 Å². The Morgan fingerprint density at radius 3 is 2.83 bits per heavy atom. The average molecular weight is 255 g/mol. The average Bonchev–Trinajstić information content (AvgIpc) is 2.56. The first-order valence-electron chi connectivity index (χ1n) is 6.57. The van der Waals surface area contributed by atoms with Gasteiger partial charge >= 0.3 is 0 Å². The number of amides is 2. The maximum Gasteiger partial charge on any atom is 0.242 e. The van der Waals surface area contributed by atoms with Crippen LogP contribution >= 0.6 is 0 Å². The fourth-order valence-electron chi connectivity index (χ4n) is 2.34. The molecule has 102 valence electrons. The maximum absolute atomic E-state index is 12.2. The number of hydrogen-bond acceptors (Lipinski definition) is 4. The number of hydrogen-bond donors (Lipinski definition) is 3. The third kappa shape index (κ3) is 3.00. The lowest BCUT2D eigenvalue weighted by molar-refractivity contribution is -0.134. The zero-order valence-corrected chi connectivity index (χ0v) is 10.5. The number of nitrogens with one attached hydrogen (secondary N) is 2. The van der Waals surface area contributed by atoms with Crippen molar-refractivity contribution in [2.45, 2.75) is 43.7 Å². The number of nitrogens with two attached hydrogens (primary N) is 1. The highest BCUT2D eigenvalue weighted by molar-refractivity contribution is 5.92. The molecule has 0 aliphatic carbocycles. The van der Waals surface area contributed by atoms with Crippen LogP contribution in [-0.2, 0) is 14.3 Å². The van der Waals surface area contributed by atoms with E-state index >= 15 is 0 Å². The van der Waals surface area contributed by atoms with E-state index in [4.69, 9.17) is 10.5 Å². The van der Waals surface area contributed by atoms with Gasteiger partial charge in [-0.25, -0.2) is 0 Å². The Bertz CT molecular complexity index is 327. The highest BCUT2D eigenvalue weighted by Gasteiger charge is 2.37. The molecule has 2 aliphatic rings. The van der Waals surface area contributed by atoms with Gasteiger partial charge in [0.15, 0.2) is 0 Å². The summed E-state index contributed by atoms with van der Waals surface area (Å²) in [6.07, 6.45) is 3.59. The van der Waals surface area contributed by atoms with E-state index in [9.17, 15) is 9.59 Å². The van der Waals surface area contributed by atoms with Crippen LogP contribution in [0.15, 0.2) is 0 Å². The number of carbonyl (C=O) groups excluding carboxylic acids is 2. The van der Waals surface area contributed by atoms with Gasteiger partial charge in [0, 0.05) is 19.8 Å². The van der Waals surface area contributed by atoms with Crippen LogP contribution in [-0.4, -0.2) is 43.2 Å². The minimum atomic E-state index is -0.884. The minimum Gasteiger partial charge on any atom is -0.381 e. The Hall–Kier alpha value is -1.14. The Morgan fingerprint density at radius 2 is 2.11 bits per heavy atom. The van der Waals surface area contributed by atoms with Crippen LogP contribution in [0, 0.1) is 0 Å². The first kappa shape index (κ1) is 13.3. The number of ether oxygens (including phenoxy) is 1. The van der Waals surface area contributed by atoms with Crippen LogP contribution in [0.3, 0.4) is 0 Å². The predicted molar refractivity (Wildman–Crippen MR) is 65.8 cm³/mol. The molecule has 0 radical (unpaired) electrons. The zero-order chi connectivity index (χ0) is 13.0. The van der Waals surface area contributed by atoms with Gasteiger partial charge in [-0.3, -0.25) is 9.59 Å². The van der Waals surface area contributed by atoms with Gasteiger partial charge in [-0.1, -0.05) is 0 Å². The summed E-state index contributed by atoms with van der Waals surface area (Å²) in [4.78, 5) is 23.9. The van der Waals surface area contributed by atoms with Crippen LogP contribution in [0.25, 0.3) is 0 Å². The molecule has 2 amide bonds. The van der Waals surface area contributed by atoms with E-state index in [1.54, 1.807) is 0 Å². The van der Waals surface area contributed by atoms with Crippen molar-refractivity contribution < 1.29 is 14.3 Å². The molecule has 2 rings (SSSR count). The molecule has 0 bridgehead atoms. The molecule has 2 saturated heterocycles. The highest BCUT2D eigenvalue weighted by Crippen LogP contribution is 2.18. The highest BCUT2D eigenvalue weighted by atomic mass is 16.5. The normalized spacial score (nSPS) is 28.1. The third-order valence-electron chi connectivity index (χ3n) is 3.68. The molecule has 0 saturated carbocycles. The molecule has 0 spiro atoms. The van der Waals surface area contributed by atoms with Gasteiger partial charge in [0.2, 0.25) is 11.8 Å². The minimum absolute atomic E-state index is 0.100. The number of rotatable bonds is 2. The van der Waals surface area contributed by atoms with Gasteiger partial charge < -0.3 is 21.1 Å². The maximum atomic E-state index is 12.2. The lowest BCUT2D eigenvalue weighted by Gasteiger charge is -2.33. The van der Waals surface area contributed by atoms with Gasteiger partial charge in [0.05, 0.1) is 5.54 Å². The van der Waals surface area contributed by atoms with E-state index in [0.717, 1.165) is 12.8 Å². The predicted octanol–water partition coefficient (Wildman–Crippen LogP) is -0.721. The largest absolute Gasteiger partial charge is 0.381 e. The first-order chi connectivity index (χ1) is 8.62. The number of carbonyl (C=O) groups is 2. The van der Waals surface area contributed by atoms with Crippen molar-refractivity contribution in [3.05, 3.63) is 0 Å².